The van der Waals surface area contributed by atoms with Crippen molar-refractivity contribution in [3.8, 4) is 0 Å². The van der Waals surface area contributed by atoms with Crippen LogP contribution in [0.15, 0.2) is 4.99 Å². The van der Waals surface area contributed by atoms with Gasteiger partial charge >= 0.3 is 5.97 Å². The van der Waals surface area contributed by atoms with Gasteiger partial charge in [0, 0.05) is 6.54 Å². The van der Waals surface area contributed by atoms with Crippen molar-refractivity contribution in [1.82, 2.24) is 16.0 Å². The van der Waals surface area contributed by atoms with Gasteiger partial charge < -0.3 is 49.7 Å². The number of guanidine groups is 1. The molecule has 4 amide bonds. The van der Waals surface area contributed by atoms with Crippen LogP contribution in [-0.4, -0.2) is 77.9 Å². The summed E-state index contributed by atoms with van der Waals surface area (Å²) in [6, 6.07) is -4.66. The molecule has 206 valence electrons. The number of primary amides is 1. The largest absolute Gasteiger partial charge is 0.480 e. The highest BCUT2D eigenvalue weighted by Crippen LogP contribution is 2.07. The number of nitrogens with zero attached hydrogens (tertiary/aromatic N) is 1. The molecule has 0 aromatic rings. The van der Waals surface area contributed by atoms with Gasteiger partial charge in [-0.3, -0.25) is 24.2 Å². The number of nitrogens with one attached hydrogen (secondary N) is 3. The normalized spacial score (nSPS) is 14.1. The minimum atomic E-state index is -1.57. The third kappa shape index (κ3) is 13.4. The van der Waals surface area contributed by atoms with Crippen molar-refractivity contribution in [3.63, 3.8) is 0 Å². The summed E-state index contributed by atoms with van der Waals surface area (Å²) in [5.41, 5.74) is 27.1. The van der Waals surface area contributed by atoms with Crippen molar-refractivity contribution in [2.75, 3.05) is 13.1 Å². The van der Waals surface area contributed by atoms with Gasteiger partial charge in [0.1, 0.15) is 18.1 Å². The smallest absolute Gasteiger partial charge is 0.326 e. The molecule has 0 saturated heterocycles. The molecule has 0 aliphatic heterocycles. The number of amides is 4. The topological polar surface area (TPSA) is 284 Å². The number of carbonyl (C=O) groups excluding carboxylic acids is 4. The molecule has 15 nitrogen and oxygen atoms in total. The third-order valence-electron chi connectivity index (χ3n) is 5.20. The zero-order valence-electron chi connectivity index (χ0n) is 20.9. The van der Waals surface area contributed by atoms with E-state index < -0.39 is 60.2 Å². The first kappa shape index (κ1) is 32.5. The molecule has 0 bridgehead atoms. The van der Waals surface area contributed by atoms with E-state index in [1.165, 1.54) is 0 Å². The van der Waals surface area contributed by atoms with E-state index in [-0.39, 0.29) is 31.3 Å². The number of rotatable bonds is 18. The zero-order chi connectivity index (χ0) is 27.8. The summed E-state index contributed by atoms with van der Waals surface area (Å²) >= 11 is 0. The van der Waals surface area contributed by atoms with E-state index in [0.29, 0.717) is 25.8 Å². The van der Waals surface area contributed by atoms with Crippen molar-refractivity contribution in [2.24, 2.45) is 39.6 Å². The fourth-order valence-corrected chi connectivity index (χ4v) is 3.05. The standard InChI is InChI=1S/C21H41N9O6/c1-11(2)16(24)19(34)29-13(7-5-9-27-21(25)26)17(32)28-12(6-3-4-8-22)18(33)30-14(20(35)36)10-15(23)31/h11-14,16H,3-10,22,24H2,1-2H3,(H2,23,31)(H,28,32)(H,29,34)(H,30,33)(H,35,36)(H4,25,26,27). The third-order valence-corrected chi connectivity index (χ3v) is 5.20. The minimum absolute atomic E-state index is 0.123. The second kappa shape index (κ2) is 17.0. The van der Waals surface area contributed by atoms with E-state index in [4.69, 9.17) is 28.7 Å². The molecule has 0 aromatic carbocycles. The number of nitrogens with two attached hydrogens (primary N) is 5. The van der Waals surface area contributed by atoms with E-state index >= 15 is 0 Å². The van der Waals surface area contributed by atoms with E-state index in [0.717, 1.165) is 0 Å². The van der Waals surface area contributed by atoms with Gasteiger partial charge in [0.05, 0.1) is 12.5 Å². The molecule has 36 heavy (non-hydrogen) atoms. The lowest BCUT2D eigenvalue weighted by Gasteiger charge is -2.25. The zero-order valence-corrected chi connectivity index (χ0v) is 20.9. The number of aliphatic imine (C=N–C) groups is 1. The first-order valence-electron chi connectivity index (χ1n) is 11.7. The number of unbranched alkanes of at least 4 members (excludes halogenated alkanes) is 1. The number of carboxylic acid groups (broad SMARTS) is 1. The average Bonchev–Trinajstić information content (AvgIpc) is 2.78. The lowest BCUT2D eigenvalue weighted by atomic mass is 10.0. The van der Waals surface area contributed by atoms with Crippen LogP contribution < -0.4 is 44.6 Å². The molecule has 0 saturated carbocycles. The Morgan fingerprint density at radius 1 is 0.806 bits per heavy atom. The van der Waals surface area contributed by atoms with Gasteiger partial charge in [-0.2, -0.15) is 0 Å². The van der Waals surface area contributed by atoms with Crippen LogP contribution in [0.25, 0.3) is 0 Å². The predicted molar refractivity (Wildman–Crippen MR) is 133 cm³/mol. The van der Waals surface area contributed by atoms with Crippen LogP contribution in [0, 0.1) is 5.92 Å². The highest BCUT2D eigenvalue weighted by molar-refractivity contribution is 5.94. The molecule has 0 spiro atoms. The first-order chi connectivity index (χ1) is 16.8. The summed E-state index contributed by atoms with van der Waals surface area (Å²) in [4.78, 5) is 64.8. The molecule has 0 aliphatic rings. The SMILES string of the molecule is CC(C)C(N)C(=O)NC(CCCN=C(N)N)C(=O)NC(CCCCN)C(=O)NC(CC(N)=O)C(=O)O. The van der Waals surface area contributed by atoms with Crippen LogP contribution in [0.2, 0.25) is 0 Å². The Hall–Kier alpha value is -3.46. The molecule has 4 atom stereocenters. The Labute approximate surface area is 210 Å². The summed E-state index contributed by atoms with van der Waals surface area (Å²) < 4.78 is 0. The second-order valence-corrected chi connectivity index (χ2v) is 8.70. The summed E-state index contributed by atoms with van der Waals surface area (Å²) in [6.07, 6.45) is 0.971. The Kier molecular flexibility index (Phi) is 15.4. The maximum absolute atomic E-state index is 13.1. The van der Waals surface area contributed by atoms with Gasteiger partial charge in [-0.1, -0.05) is 13.8 Å². The van der Waals surface area contributed by atoms with E-state index in [1.807, 2.05) is 0 Å². The summed E-state index contributed by atoms with van der Waals surface area (Å²) in [5.74, 6) is -4.75. The Bertz CT molecular complexity index is 786. The van der Waals surface area contributed by atoms with Crippen molar-refractivity contribution < 1.29 is 29.1 Å². The van der Waals surface area contributed by atoms with Gasteiger partial charge in [-0.25, -0.2) is 4.79 Å². The van der Waals surface area contributed by atoms with Crippen molar-refractivity contribution in [1.29, 1.82) is 0 Å². The molecule has 0 heterocycles. The van der Waals surface area contributed by atoms with E-state index in [2.05, 4.69) is 20.9 Å². The number of carbonyl (C=O) groups is 5. The predicted octanol–water partition coefficient (Wildman–Crippen LogP) is -3.43. The molecule has 0 radical (unpaired) electrons. The van der Waals surface area contributed by atoms with Gasteiger partial charge in [-0.15, -0.1) is 0 Å². The Morgan fingerprint density at radius 2 is 1.31 bits per heavy atom. The first-order valence-corrected chi connectivity index (χ1v) is 11.7. The van der Waals surface area contributed by atoms with Gasteiger partial charge in [0.2, 0.25) is 23.6 Å². The highest BCUT2D eigenvalue weighted by Gasteiger charge is 2.31. The maximum Gasteiger partial charge on any atom is 0.326 e. The molecule has 4 unspecified atom stereocenters. The molecule has 0 rings (SSSR count). The number of hydrogen-bond donors (Lipinski definition) is 9. The lowest BCUT2D eigenvalue weighted by molar-refractivity contribution is -0.143. The van der Waals surface area contributed by atoms with Crippen LogP contribution in [-0.2, 0) is 24.0 Å². The van der Waals surface area contributed by atoms with E-state index in [9.17, 15) is 29.1 Å². The Balaban J connectivity index is 5.64. The van der Waals surface area contributed by atoms with Crippen LogP contribution in [0.5, 0.6) is 0 Å². The summed E-state index contributed by atoms with van der Waals surface area (Å²) in [6.45, 7) is 4.05. The van der Waals surface area contributed by atoms with Crippen LogP contribution in [0.4, 0.5) is 0 Å². The van der Waals surface area contributed by atoms with Crippen molar-refractivity contribution in [3.05, 3.63) is 0 Å². The fourth-order valence-electron chi connectivity index (χ4n) is 3.05. The average molecular weight is 516 g/mol. The summed E-state index contributed by atoms with van der Waals surface area (Å²) in [7, 11) is 0. The highest BCUT2D eigenvalue weighted by atomic mass is 16.4. The maximum atomic E-state index is 13.1. The molecule has 0 fully saturated rings. The monoisotopic (exact) mass is 515 g/mol. The molecule has 0 aromatic heterocycles. The second-order valence-electron chi connectivity index (χ2n) is 8.70. The molecule has 14 N–H and O–H groups in total. The van der Waals surface area contributed by atoms with Gasteiger partial charge in [0.15, 0.2) is 5.96 Å². The fraction of sp³-hybridized carbons (Fsp3) is 0.714. The molecule has 15 heteroatoms. The lowest BCUT2D eigenvalue weighted by Crippen LogP contribution is -2.57. The molecule has 0 aliphatic carbocycles. The molecular weight excluding hydrogens is 474 g/mol. The number of hydrogen-bond acceptors (Lipinski definition) is 8. The number of aliphatic carboxylic acids is 1. The summed E-state index contributed by atoms with van der Waals surface area (Å²) in [5, 5.41) is 16.6. The van der Waals surface area contributed by atoms with Crippen LogP contribution in [0.1, 0.15) is 52.4 Å². The Morgan fingerprint density at radius 3 is 1.75 bits per heavy atom. The van der Waals surface area contributed by atoms with Gasteiger partial charge in [0.25, 0.3) is 0 Å². The van der Waals surface area contributed by atoms with Crippen LogP contribution >= 0.6 is 0 Å². The molecular formula is C21H41N9O6. The van der Waals surface area contributed by atoms with Crippen molar-refractivity contribution >= 4 is 35.6 Å². The van der Waals surface area contributed by atoms with E-state index in [1.54, 1.807) is 13.8 Å². The minimum Gasteiger partial charge on any atom is -0.480 e. The van der Waals surface area contributed by atoms with Crippen molar-refractivity contribution in [2.45, 2.75) is 76.5 Å². The van der Waals surface area contributed by atoms with Crippen LogP contribution in [0.3, 0.4) is 0 Å². The number of carboxylic acids is 1. The van der Waals surface area contributed by atoms with Gasteiger partial charge in [-0.05, 0) is 44.6 Å². The quantitative estimate of drug-likeness (QED) is 0.0494.